The van der Waals surface area contributed by atoms with E-state index >= 15 is 0 Å². The van der Waals surface area contributed by atoms with Crippen LogP contribution < -0.4 is 5.32 Å². The summed E-state index contributed by atoms with van der Waals surface area (Å²) in [6, 6.07) is 4.68. The normalized spacial score (nSPS) is 22.8. The largest absolute Gasteiger partial charge is 0.366 e. The molecular weight excluding hydrogens is 242 g/mol. The van der Waals surface area contributed by atoms with Crippen LogP contribution in [0.3, 0.4) is 0 Å². The highest BCUT2D eigenvalue weighted by Gasteiger charge is 2.25. The van der Waals surface area contributed by atoms with E-state index in [1.807, 2.05) is 31.7 Å². The molecule has 0 aliphatic heterocycles. The van der Waals surface area contributed by atoms with Gasteiger partial charge in [0, 0.05) is 17.0 Å². The molecule has 4 heteroatoms. The van der Waals surface area contributed by atoms with E-state index in [0.29, 0.717) is 11.6 Å². The molecule has 2 rings (SSSR count). The number of rotatable bonds is 3. The van der Waals surface area contributed by atoms with Gasteiger partial charge in [-0.3, -0.25) is 0 Å². The summed E-state index contributed by atoms with van der Waals surface area (Å²) in [5, 5.41) is 13.4. The first-order chi connectivity index (χ1) is 8.63. The fraction of sp³-hybridized carbons (Fsp3) is 0.571. The van der Waals surface area contributed by atoms with E-state index in [0.717, 1.165) is 22.3 Å². The first kappa shape index (κ1) is 13.2. The number of nitriles is 1. The predicted octanol–water partition coefficient (Wildman–Crippen LogP) is 3.27. The van der Waals surface area contributed by atoms with Gasteiger partial charge in [0.05, 0.1) is 5.56 Å². The van der Waals surface area contributed by atoms with Gasteiger partial charge in [0.1, 0.15) is 11.9 Å². The van der Waals surface area contributed by atoms with Crippen molar-refractivity contribution in [3.05, 3.63) is 22.9 Å². The number of pyridine rings is 1. The molecule has 1 saturated carbocycles. The Hall–Kier alpha value is -1.21. The zero-order valence-corrected chi connectivity index (χ0v) is 12.0. The highest BCUT2D eigenvalue weighted by atomic mass is 32.2. The van der Waals surface area contributed by atoms with Gasteiger partial charge in [-0.15, -0.1) is 0 Å². The molecule has 1 aromatic heterocycles. The predicted molar refractivity (Wildman–Crippen MR) is 77.0 cm³/mol. The van der Waals surface area contributed by atoms with Crippen LogP contribution in [0.4, 0.5) is 5.82 Å². The quantitative estimate of drug-likeness (QED) is 0.907. The molecule has 0 aromatic carbocycles. The Morgan fingerprint density at radius 3 is 2.83 bits per heavy atom. The third-order valence-electron chi connectivity index (χ3n) is 3.52. The standard InChI is InChI=1S/C14H19N3S/c1-9-6-10(2)16-14(13(9)8-15)17-11-4-5-12(7-11)18-3/h6,11-12H,4-5,7H2,1-3H3,(H,16,17). The summed E-state index contributed by atoms with van der Waals surface area (Å²) in [4.78, 5) is 4.48. The van der Waals surface area contributed by atoms with E-state index in [2.05, 4.69) is 22.6 Å². The molecule has 1 heterocycles. The number of nitrogens with one attached hydrogen (secondary N) is 1. The number of aromatic nitrogens is 1. The molecule has 18 heavy (non-hydrogen) atoms. The molecule has 3 nitrogen and oxygen atoms in total. The first-order valence-electron chi connectivity index (χ1n) is 6.31. The summed E-state index contributed by atoms with van der Waals surface area (Å²) in [5.41, 5.74) is 2.66. The lowest BCUT2D eigenvalue weighted by atomic mass is 10.1. The van der Waals surface area contributed by atoms with Crippen molar-refractivity contribution in [1.82, 2.24) is 4.98 Å². The van der Waals surface area contributed by atoms with Crippen LogP contribution in [0.15, 0.2) is 6.07 Å². The van der Waals surface area contributed by atoms with Crippen LogP contribution in [0.2, 0.25) is 0 Å². The highest BCUT2D eigenvalue weighted by Crippen LogP contribution is 2.31. The second-order valence-electron chi connectivity index (χ2n) is 4.93. The van der Waals surface area contributed by atoms with Crippen LogP contribution in [0.1, 0.15) is 36.1 Å². The summed E-state index contributed by atoms with van der Waals surface area (Å²) in [6.45, 7) is 3.94. The Balaban J connectivity index is 2.17. The van der Waals surface area contributed by atoms with Crippen LogP contribution in [-0.2, 0) is 0 Å². The fourth-order valence-corrected chi connectivity index (χ4v) is 3.36. The summed E-state index contributed by atoms with van der Waals surface area (Å²) >= 11 is 1.94. The zero-order valence-electron chi connectivity index (χ0n) is 11.2. The average molecular weight is 261 g/mol. The second-order valence-corrected chi connectivity index (χ2v) is 6.07. The minimum Gasteiger partial charge on any atom is -0.366 e. The monoisotopic (exact) mass is 261 g/mol. The molecule has 0 spiro atoms. The number of aryl methyl sites for hydroxylation is 2. The molecule has 1 aromatic rings. The third kappa shape index (κ3) is 2.78. The molecule has 96 valence electrons. The van der Waals surface area contributed by atoms with Gasteiger partial charge in [-0.05, 0) is 51.0 Å². The van der Waals surface area contributed by atoms with E-state index in [1.165, 1.54) is 19.3 Å². The summed E-state index contributed by atoms with van der Waals surface area (Å²) in [5.74, 6) is 0.766. The molecule has 0 bridgehead atoms. The Labute approximate surface area is 113 Å². The Morgan fingerprint density at radius 1 is 1.44 bits per heavy atom. The lowest BCUT2D eigenvalue weighted by Crippen LogP contribution is -2.18. The minimum absolute atomic E-state index is 0.461. The zero-order chi connectivity index (χ0) is 13.1. The third-order valence-corrected chi connectivity index (χ3v) is 4.61. The van der Waals surface area contributed by atoms with E-state index in [-0.39, 0.29) is 0 Å². The van der Waals surface area contributed by atoms with E-state index in [1.54, 1.807) is 0 Å². The number of nitrogens with zero attached hydrogens (tertiary/aromatic N) is 2. The van der Waals surface area contributed by atoms with Gasteiger partial charge >= 0.3 is 0 Å². The van der Waals surface area contributed by atoms with Crippen molar-refractivity contribution in [2.75, 3.05) is 11.6 Å². The molecule has 0 amide bonds. The van der Waals surface area contributed by atoms with Gasteiger partial charge in [0.2, 0.25) is 0 Å². The molecule has 1 N–H and O–H groups in total. The van der Waals surface area contributed by atoms with Gasteiger partial charge in [-0.1, -0.05) is 0 Å². The fourth-order valence-electron chi connectivity index (χ4n) is 2.56. The highest BCUT2D eigenvalue weighted by molar-refractivity contribution is 7.99. The Kier molecular flexibility index (Phi) is 4.13. The van der Waals surface area contributed by atoms with E-state index in [9.17, 15) is 5.26 Å². The summed E-state index contributed by atoms with van der Waals surface area (Å²) in [6.07, 6.45) is 5.76. The Bertz CT molecular complexity index is 479. The van der Waals surface area contributed by atoms with E-state index in [4.69, 9.17) is 0 Å². The van der Waals surface area contributed by atoms with E-state index < -0.39 is 0 Å². The Morgan fingerprint density at radius 2 is 2.22 bits per heavy atom. The van der Waals surface area contributed by atoms with Gasteiger partial charge < -0.3 is 5.32 Å². The maximum atomic E-state index is 9.23. The number of anilines is 1. The molecular formula is C14H19N3S. The molecule has 1 aliphatic rings. The second kappa shape index (κ2) is 5.62. The summed E-state index contributed by atoms with van der Waals surface area (Å²) < 4.78 is 0. The SMILES string of the molecule is CSC1CCC(Nc2nc(C)cc(C)c2C#N)C1. The van der Waals surface area contributed by atoms with Crippen LogP contribution in [0.25, 0.3) is 0 Å². The lowest BCUT2D eigenvalue weighted by Gasteiger charge is -2.16. The van der Waals surface area contributed by atoms with Crippen molar-refractivity contribution < 1.29 is 0 Å². The van der Waals surface area contributed by atoms with Gasteiger partial charge in [0.25, 0.3) is 0 Å². The van der Waals surface area contributed by atoms with Gasteiger partial charge in [0.15, 0.2) is 0 Å². The molecule has 0 saturated heterocycles. The molecule has 2 atom stereocenters. The van der Waals surface area contributed by atoms with Crippen molar-refractivity contribution in [2.45, 2.75) is 44.4 Å². The number of hydrogen-bond donors (Lipinski definition) is 1. The van der Waals surface area contributed by atoms with Gasteiger partial charge in [-0.2, -0.15) is 17.0 Å². The van der Waals surface area contributed by atoms with Crippen LogP contribution in [0, 0.1) is 25.2 Å². The van der Waals surface area contributed by atoms with Gasteiger partial charge in [-0.25, -0.2) is 4.98 Å². The van der Waals surface area contributed by atoms with Crippen molar-refractivity contribution in [3.8, 4) is 6.07 Å². The van der Waals surface area contributed by atoms with Crippen LogP contribution >= 0.6 is 11.8 Å². The lowest BCUT2D eigenvalue weighted by molar-refractivity contribution is 0.750. The molecule has 1 aliphatic carbocycles. The van der Waals surface area contributed by atoms with Crippen molar-refractivity contribution in [2.24, 2.45) is 0 Å². The average Bonchev–Trinajstić information content (AvgIpc) is 2.76. The molecule has 1 fully saturated rings. The maximum Gasteiger partial charge on any atom is 0.144 e. The molecule has 0 radical (unpaired) electrons. The van der Waals surface area contributed by atoms with Crippen LogP contribution in [0.5, 0.6) is 0 Å². The molecule has 2 unspecified atom stereocenters. The summed E-state index contributed by atoms with van der Waals surface area (Å²) in [7, 11) is 0. The minimum atomic E-state index is 0.461. The maximum absolute atomic E-state index is 9.23. The smallest absolute Gasteiger partial charge is 0.144 e. The van der Waals surface area contributed by atoms with Crippen molar-refractivity contribution in [1.29, 1.82) is 5.26 Å². The van der Waals surface area contributed by atoms with Crippen LogP contribution in [-0.4, -0.2) is 22.5 Å². The number of thioether (sulfide) groups is 1. The van der Waals surface area contributed by atoms with Crippen molar-refractivity contribution >= 4 is 17.6 Å². The first-order valence-corrected chi connectivity index (χ1v) is 7.60. The topological polar surface area (TPSA) is 48.7 Å². The number of hydrogen-bond acceptors (Lipinski definition) is 4. The van der Waals surface area contributed by atoms with Crippen molar-refractivity contribution in [3.63, 3.8) is 0 Å².